The fourth-order valence-corrected chi connectivity index (χ4v) is 0.940. The molecule has 0 aliphatic heterocycles. The second-order valence-corrected chi connectivity index (χ2v) is 2.69. The predicted octanol–water partition coefficient (Wildman–Crippen LogP) is 0.479. The summed E-state index contributed by atoms with van der Waals surface area (Å²) in [7, 11) is 1.88. The van der Waals surface area contributed by atoms with Crippen LogP contribution in [0, 0.1) is 0 Å². The van der Waals surface area contributed by atoms with E-state index >= 15 is 0 Å². The van der Waals surface area contributed by atoms with Crippen LogP contribution in [-0.4, -0.2) is 18.6 Å². The second-order valence-electron chi connectivity index (χ2n) is 2.69. The number of pyridine rings is 1. The first kappa shape index (κ1) is 9.54. The molecule has 1 aromatic rings. The Morgan fingerprint density at radius 3 is 2.92 bits per heavy atom. The van der Waals surface area contributed by atoms with Crippen molar-refractivity contribution >= 4 is 17.5 Å². The van der Waals surface area contributed by atoms with Crippen LogP contribution in [0.2, 0.25) is 0 Å². The fraction of sp³-hybridized carbons (Fsp3) is 0.222. The predicted molar refractivity (Wildman–Crippen MR) is 56.0 cm³/mol. The number of aromatic nitrogens is 1. The van der Waals surface area contributed by atoms with Gasteiger partial charge in [-0.2, -0.15) is 0 Å². The van der Waals surface area contributed by atoms with E-state index in [1.807, 2.05) is 19.2 Å². The number of likely N-dealkylation sites (N-methyl/N-ethyl adjacent to an activating group) is 1. The van der Waals surface area contributed by atoms with E-state index in [1.54, 1.807) is 12.4 Å². The van der Waals surface area contributed by atoms with E-state index in [2.05, 4.69) is 10.3 Å². The van der Waals surface area contributed by atoms with Crippen LogP contribution in [0.1, 0.15) is 5.56 Å². The molecule has 13 heavy (non-hydrogen) atoms. The lowest BCUT2D eigenvalue weighted by atomic mass is 10.2. The minimum atomic E-state index is 0.520. The minimum absolute atomic E-state index is 0.520. The Hall–Kier alpha value is -1.55. The summed E-state index contributed by atoms with van der Waals surface area (Å²) in [6, 6.07) is 0. The van der Waals surface area contributed by atoms with Crippen molar-refractivity contribution in [3.63, 3.8) is 0 Å². The quantitative estimate of drug-likeness (QED) is 0.629. The van der Waals surface area contributed by atoms with E-state index in [0.717, 1.165) is 12.1 Å². The highest BCUT2D eigenvalue weighted by Gasteiger charge is 1.97. The van der Waals surface area contributed by atoms with Crippen LogP contribution in [0.5, 0.6) is 0 Å². The molecule has 0 spiro atoms. The molecule has 4 heteroatoms. The molecule has 0 aliphatic carbocycles. The Morgan fingerprint density at radius 2 is 2.23 bits per heavy atom. The highest BCUT2D eigenvalue weighted by molar-refractivity contribution is 5.74. The number of anilines is 2. The zero-order chi connectivity index (χ0) is 9.68. The maximum absolute atomic E-state index is 5.73. The van der Waals surface area contributed by atoms with Crippen molar-refractivity contribution in [1.29, 1.82) is 0 Å². The molecule has 0 saturated heterocycles. The Kier molecular flexibility index (Phi) is 3.28. The van der Waals surface area contributed by atoms with Crippen molar-refractivity contribution in [3.05, 3.63) is 24.0 Å². The van der Waals surface area contributed by atoms with Gasteiger partial charge in [-0.05, 0) is 7.05 Å². The Labute approximate surface area is 77.7 Å². The highest BCUT2D eigenvalue weighted by atomic mass is 14.8. The third-order valence-corrected chi connectivity index (χ3v) is 1.67. The first-order chi connectivity index (χ1) is 6.25. The van der Waals surface area contributed by atoms with E-state index in [9.17, 15) is 0 Å². The monoisotopic (exact) mass is 178 g/mol. The molecule has 0 bridgehead atoms. The SMILES string of the molecule is CNCC=Cc1cncc(N)c1N. The van der Waals surface area contributed by atoms with E-state index in [4.69, 9.17) is 11.5 Å². The molecule has 0 aliphatic rings. The Morgan fingerprint density at radius 1 is 1.46 bits per heavy atom. The number of nitrogen functional groups attached to an aromatic ring is 2. The summed E-state index contributed by atoms with van der Waals surface area (Å²) in [4.78, 5) is 3.95. The highest BCUT2D eigenvalue weighted by Crippen LogP contribution is 2.18. The van der Waals surface area contributed by atoms with Crippen molar-refractivity contribution in [2.24, 2.45) is 0 Å². The molecule has 0 saturated carbocycles. The van der Waals surface area contributed by atoms with Gasteiger partial charge in [-0.15, -0.1) is 0 Å². The van der Waals surface area contributed by atoms with Gasteiger partial charge in [0.05, 0.1) is 17.6 Å². The maximum atomic E-state index is 5.73. The third-order valence-electron chi connectivity index (χ3n) is 1.67. The van der Waals surface area contributed by atoms with Crippen molar-refractivity contribution in [2.75, 3.05) is 25.1 Å². The number of nitrogens with zero attached hydrogens (tertiary/aromatic N) is 1. The van der Waals surface area contributed by atoms with Crippen LogP contribution in [0.4, 0.5) is 11.4 Å². The molecule has 70 valence electrons. The van der Waals surface area contributed by atoms with E-state index in [0.29, 0.717) is 11.4 Å². The Bertz CT molecular complexity index is 306. The molecule has 0 radical (unpaired) electrons. The van der Waals surface area contributed by atoms with Crippen molar-refractivity contribution < 1.29 is 0 Å². The maximum Gasteiger partial charge on any atom is 0.0740 e. The van der Waals surface area contributed by atoms with Crippen molar-refractivity contribution in [1.82, 2.24) is 10.3 Å². The topological polar surface area (TPSA) is 77.0 Å². The molecule has 0 fully saturated rings. The van der Waals surface area contributed by atoms with E-state index in [1.165, 1.54) is 0 Å². The molecule has 0 atom stereocenters. The molecule has 1 aromatic heterocycles. The summed E-state index contributed by atoms with van der Waals surface area (Å²) < 4.78 is 0. The van der Waals surface area contributed by atoms with Gasteiger partial charge in [0, 0.05) is 18.3 Å². The number of hydrogen-bond donors (Lipinski definition) is 3. The Balaban J connectivity index is 2.83. The second kappa shape index (κ2) is 4.47. The standard InChI is InChI=1S/C9H14N4/c1-12-4-2-3-7-5-13-6-8(10)9(7)11/h2-3,5-6,12H,4,10H2,1H3,(H2,11,13). The zero-order valence-corrected chi connectivity index (χ0v) is 7.62. The van der Waals surface area contributed by atoms with Gasteiger partial charge in [0.25, 0.3) is 0 Å². The van der Waals surface area contributed by atoms with Gasteiger partial charge in [-0.1, -0.05) is 12.2 Å². The number of rotatable bonds is 3. The van der Waals surface area contributed by atoms with Gasteiger partial charge in [0.2, 0.25) is 0 Å². The molecule has 1 rings (SSSR count). The van der Waals surface area contributed by atoms with Crippen LogP contribution in [0.3, 0.4) is 0 Å². The summed E-state index contributed by atoms with van der Waals surface area (Å²) in [5, 5.41) is 2.99. The van der Waals surface area contributed by atoms with E-state index in [-0.39, 0.29) is 0 Å². The summed E-state index contributed by atoms with van der Waals surface area (Å²) in [6.07, 6.45) is 7.10. The van der Waals surface area contributed by atoms with Gasteiger partial charge < -0.3 is 16.8 Å². The van der Waals surface area contributed by atoms with Crippen molar-refractivity contribution in [2.45, 2.75) is 0 Å². The smallest absolute Gasteiger partial charge is 0.0740 e. The van der Waals surface area contributed by atoms with E-state index < -0.39 is 0 Å². The zero-order valence-electron chi connectivity index (χ0n) is 7.62. The largest absolute Gasteiger partial charge is 0.396 e. The molecular weight excluding hydrogens is 164 g/mol. The molecule has 0 amide bonds. The molecular formula is C9H14N4. The first-order valence-electron chi connectivity index (χ1n) is 4.05. The van der Waals surface area contributed by atoms with Crippen LogP contribution < -0.4 is 16.8 Å². The van der Waals surface area contributed by atoms with Gasteiger partial charge in [0.15, 0.2) is 0 Å². The lowest BCUT2D eigenvalue weighted by Crippen LogP contribution is -2.04. The average Bonchev–Trinajstić information content (AvgIpc) is 2.13. The molecule has 4 nitrogen and oxygen atoms in total. The van der Waals surface area contributed by atoms with Crippen LogP contribution >= 0.6 is 0 Å². The lowest BCUT2D eigenvalue weighted by Gasteiger charge is -2.02. The van der Waals surface area contributed by atoms with Crippen LogP contribution in [0.25, 0.3) is 6.08 Å². The third kappa shape index (κ3) is 2.45. The summed E-state index contributed by atoms with van der Waals surface area (Å²) >= 11 is 0. The number of nitrogens with two attached hydrogens (primary N) is 2. The van der Waals surface area contributed by atoms with Crippen molar-refractivity contribution in [3.8, 4) is 0 Å². The normalized spacial score (nSPS) is 10.8. The summed E-state index contributed by atoms with van der Waals surface area (Å²) in [6.45, 7) is 0.800. The molecule has 0 aromatic carbocycles. The summed E-state index contributed by atoms with van der Waals surface area (Å²) in [5.41, 5.74) is 13.3. The van der Waals surface area contributed by atoms with Gasteiger partial charge in [-0.25, -0.2) is 0 Å². The minimum Gasteiger partial charge on any atom is -0.396 e. The van der Waals surface area contributed by atoms with Gasteiger partial charge >= 0.3 is 0 Å². The van der Waals surface area contributed by atoms with Gasteiger partial charge in [0.1, 0.15) is 0 Å². The molecule has 1 heterocycles. The van der Waals surface area contributed by atoms with Crippen LogP contribution in [0.15, 0.2) is 18.5 Å². The lowest BCUT2D eigenvalue weighted by molar-refractivity contribution is 0.922. The van der Waals surface area contributed by atoms with Gasteiger partial charge in [-0.3, -0.25) is 4.98 Å². The molecule has 0 unspecified atom stereocenters. The average molecular weight is 178 g/mol. The first-order valence-corrected chi connectivity index (χ1v) is 4.05. The number of hydrogen-bond acceptors (Lipinski definition) is 4. The van der Waals surface area contributed by atoms with Crippen LogP contribution in [-0.2, 0) is 0 Å². The molecule has 5 N–H and O–H groups in total. The summed E-state index contributed by atoms with van der Waals surface area (Å²) in [5.74, 6) is 0. The fourth-order valence-electron chi connectivity index (χ4n) is 0.940. The number of nitrogens with one attached hydrogen (secondary N) is 1.